The van der Waals surface area contributed by atoms with Crippen molar-refractivity contribution < 1.29 is 4.42 Å². The van der Waals surface area contributed by atoms with Gasteiger partial charge in [-0.25, -0.2) is 4.98 Å². The van der Waals surface area contributed by atoms with E-state index in [1.165, 1.54) is 38.1 Å². The van der Waals surface area contributed by atoms with Gasteiger partial charge in [0.15, 0.2) is 5.82 Å². The first kappa shape index (κ1) is 16.3. The molecule has 0 aliphatic heterocycles. The molecule has 148 valence electrons. The molecule has 0 atom stereocenters. The van der Waals surface area contributed by atoms with Crippen LogP contribution in [0.2, 0.25) is 0 Å². The van der Waals surface area contributed by atoms with Crippen molar-refractivity contribution in [1.82, 2.24) is 14.4 Å². The second-order valence-corrected chi connectivity index (χ2v) is 8.30. The molecule has 0 amide bonds. The molecule has 0 bridgehead atoms. The van der Waals surface area contributed by atoms with Crippen molar-refractivity contribution >= 4 is 60.2 Å². The molecule has 0 aliphatic rings. The Balaban J connectivity index is 1.45. The average molecular weight is 409 g/mol. The van der Waals surface area contributed by atoms with Gasteiger partial charge in [0.2, 0.25) is 5.71 Å². The van der Waals surface area contributed by atoms with Gasteiger partial charge in [-0.05, 0) is 18.2 Å². The third-order valence-corrected chi connectivity index (χ3v) is 6.62. The van der Waals surface area contributed by atoms with Gasteiger partial charge < -0.3 is 8.82 Å². The first-order valence-corrected chi connectivity index (χ1v) is 10.7. The van der Waals surface area contributed by atoms with Crippen LogP contribution in [0.5, 0.6) is 0 Å². The van der Waals surface area contributed by atoms with Crippen LogP contribution in [0.4, 0.5) is 0 Å². The molecule has 4 nitrogen and oxygen atoms in total. The van der Waals surface area contributed by atoms with Crippen LogP contribution in [0.15, 0.2) is 95.5 Å². The molecule has 0 radical (unpaired) electrons. The Morgan fingerprint density at radius 3 is 2.28 bits per heavy atom. The summed E-state index contributed by atoms with van der Waals surface area (Å²) >= 11 is 0. The van der Waals surface area contributed by atoms with E-state index in [-0.39, 0.29) is 0 Å². The lowest BCUT2D eigenvalue weighted by molar-refractivity contribution is 0.653. The van der Waals surface area contributed by atoms with Crippen LogP contribution in [0.3, 0.4) is 0 Å². The standard InChI is InChI=1S/C28H15N3O/c1-3-10-23-17(6-1)20-8-5-9-21-18-13-12-16(14-24(18)31(23)26(20)21)27-29-15-22-19-7-2-4-11-25(19)32-28(22)30-27/h1-15H. The van der Waals surface area contributed by atoms with E-state index in [0.29, 0.717) is 11.5 Å². The van der Waals surface area contributed by atoms with Crippen molar-refractivity contribution in [3.05, 3.63) is 91.1 Å². The number of hydrogen-bond donors (Lipinski definition) is 0. The molecule has 0 saturated carbocycles. The second kappa shape index (κ2) is 5.62. The zero-order valence-electron chi connectivity index (χ0n) is 16.9. The van der Waals surface area contributed by atoms with E-state index in [2.05, 4.69) is 65.1 Å². The quantitative estimate of drug-likeness (QED) is 0.288. The highest BCUT2D eigenvalue weighted by Gasteiger charge is 2.18. The fourth-order valence-electron chi connectivity index (χ4n) is 5.22. The van der Waals surface area contributed by atoms with Gasteiger partial charge in [-0.1, -0.05) is 66.7 Å². The van der Waals surface area contributed by atoms with Crippen LogP contribution >= 0.6 is 0 Å². The van der Waals surface area contributed by atoms with E-state index < -0.39 is 0 Å². The summed E-state index contributed by atoms with van der Waals surface area (Å²) in [6, 6.07) is 29.6. The van der Waals surface area contributed by atoms with Gasteiger partial charge in [0, 0.05) is 38.7 Å². The molecule has 0 spiro atoms. The summed E-state index contributed by atoms with van der Waals surface area (Å²) in [5.74, 6) is 0.669. The van der Waals surface area contributed by atoms with Gasteiger partial charge in [0.25, 0.3) is 0 Å². The smallest absolute Gasteiger partial charge is 0.230 e. The summed E-state index contributed by atoms with van der Waals surface area (Å²) in [7, 11) is 0. The molecule has 0 saturated heterocycles. The Morgan fingerprint density at radius 2 is 1.38 bits per heavy atom. The fourth-order valence-corrected chi connectivity index (χ4v) is 5.22. The Morgan fingerprint density at radius 1 is 0.625 bits per heavy atom. The minimum atomic E-state index is 0.619. The topological polar surface area (TPSA) is 43.3 Å². The van der Waals surface area contributed by atoms with Crippen molar-refractivity contribution in [2.24, 2.45) is 0 Å². The molecule has 8 rings (SSSR count). The number of benzene rings is 4. The van der Waals surface area contributed by atoms with Gasteiger partial charge in [0.1, 0.15) is 5.58 Å². The van der Waals surface area contributed by atoms with E-state index in [4.69, 9.17) is 14.4 Å². The van der Waals surface area contributed by atoms with Crippen molar-refractivity contribution in [1.29, 1.82) is 0 Å². The molecule has 8 aromatic rings. The summed E-state index contributed by atoms with van der Waals surface area (Å²) in [5, 5.41) is 7.06. The Labute approximate surface area is 181 Å². The van der Waals surface area contributed by atoms with Gasteiger partial charge in [-0.15, -0.1) is 0 Å². The predicted octanol–water partition coefficient (Wildman–Crippen LogP) is 7.19. The lowest BCUT2D eigenvalue weighted by Gasteiger charge is -2.02. The minimum Gasteiger partial charge on any atom is -0.438 e. The SMILES string of the molecule is c1ccc2c(c1)oc1nc(-c3ccc4c5cccc6c7ccccc7n(c4c3)c65)ncc12. The molecule has 0 N–H and O–H groups in total. The third-order valence-electron chi connectivity index (χ3n) is 6.62. The van der Waals surface area contributed by atoms with Crippen LogP contribution in [0.25, 0.3) is 71.6 Å². The number of rotatable bonds is 1. The first-order chi connectivity index (χ1) is 15.9. The maximum absolute atomic E-state index is 5.99. The van der Waals surface area contributed by atoms with Crippen LogP contribution in [0.1, 0.15) is 0 Å². The van der Waals surface area contributed by atoms with Crippen LogP contribution < -0.4 is 0 Å². The third kappa shape index (κ3) is 1.92. The zero-order chi connectivity index (χ0) is 20.8. The van der Waals surface area contributed by atoms with E-state index in [9.17, 15) is 0 Å². The molecule has 4 heterocycles. The summed E-state index contributed by atoms with van der Waals surface area (Å²) < 4.78 is 8.37. The number of nitrogens with zero attached hydrogens (tertiary/aromatic N) is 3. The molecule has 4 heteroatoms. The van der Waals surface area contributed by atoms with Gasteiger partial charge in [-0.3, -0.25) is 0 Å². The maximum Gasteiger partial charge on any atom is 0.230 e. The van der Waals surface area contributed by atoms with E-state index in [1.54, 1.807) is 0 Å². The molecule has 0 fully saturated rings. The van der Waals surface area contributed by atoms with Crippen LogP contribution in [0, 0.1) is 0 Å². The van der Waals surface area contributed by atoms with Gasteiger partial charge in [0.05, 0.1) is 21.9 Å². The molecule has 4 aromatic heterocycles. The lowest BCUT2D eigenvalue weighted by atomic mass is 10.1. The number of para-hydroxylation sites is 3. The fraction of sp³-hybridized carbons (Fsp3) is 0. The average Bonchev–Trinajstić information content (AvgIpc) is 3.50. The molecular formula is C28H15N3O. The predicted molar refractivity (Wildman–Crippen MR) is 129 cm³/mol. The molecular weight excluding hydrogens is 394 g/mol. The van der Waals surface area contributed by atoms with Gasteiger partial charge in [-0.2, -0.15) is 4.98 Å². The van der Waals surface area contributed by atoms with Crippen molar-refractivity contribution in [3.8, 4) is 11.4 Å². The van der Waals surface area contributed by atoms with Crippen molar-refractivity contribution in [3.63, 3.8) is 0 Å². The Kier molecular flexibility index (Phi) is 2.86. The summed E-state index contributed by atoms with van der Waals surface area (Å²) in [6.07, 6.45) is 1.87. The minimum absolute atomic E-state index is 0.619. The number of hydrogen-bond acceptors (Lipinski definition) is 3. The number of fused-ring (bicyclic) bond motifs is 9. The zero-order valence-corrected chi connectivity index (χ0v) is 16.9. The first-order valence-electron chi connectivity index (χ1n) is 10.7. The summed E-state index contributed by atoms with van der Waals surface area (Å²) in [4.78, 5) is 9.46. The van der Waals surface area contributed by atoms with E-state index in [0.717, 1.165) is 21.9 Å². The lowest BCUT2D eigenvalue weighted by Crippen LogP contribution is -1.89. The Hall–Kier alpha value is -4.44. The highest BCUT2D eigenvalue weighted by atomic mass is 16.3. The highest BCUT2D eigenvalue weighted by Crippen LogP contribution is 2.39. The van der Waals surface area contributed by atoms with E-state index >= 15 is 0 Å². The number of aromatic nitrogens is 3. The van der Waals surface area contributed by atoms with Crippen LogP contribution in [-0.4, -0.2) is 14.4 Å². The molecule has 0 unspecified atom stereocenters. The number of furan rings is 1. The van der Waals surface area contributed by atoms with Crippen molar-refractivity contribution in [2.75, 3.05) is 0 Å². The molecule has 0 aliphatic carbocycles. The second-order valence-electron chi connectivity index (χ2n) is 8.30. The molecule has 4 aromatic carbocycles. The highest BCUT2D eigenvalue weighted by molar-refractivity contribution is 6.23. The Bertz CT molecular complexity index is 1990. The maximum atomic E-state index is 5.99. The summed E-state index contributed by atoms with van der Waals surface area (Å²) in [6.45, 7) is 0. The van der Waals surface area contributed by atoms with Crippen molar-refractivity contribution in [2.45, 2.75) is 0 Å². The molecule has 32 heavy (non-hydrogen) atoms. The normalized spacial score (nSPS) is 12.4. The van der Waals surface area contributed by atoms with Gasteiger partial charge >= 0.3 is 0 Å². The largest absolute Gasteiger partial charge is 0.438 e. The van der Waals surface area contributed by atoms with E-state index in [1.807, 2.05) is 30.5 Å². The monoisotopic (exact) mass is 409 g/mol. The summed E-state index contributed by atoms with van der Waals surface area (Å²) in [5.41, 5.74) is 6.09. The van der Waals surface area contributed by atoms with Crippen LogP contribution in [-0.2, 0) is 0 Å².